The lowest BCUT2D eigenvalue weighted by atomic mass is 9.93. The van der Waals surface area contributed by atoms with Crippen molar-refractivity contribution in [1.29, 1.82) is 0 Å². The van der Waals surface area contributed by atoms with Crippen LogP contribution in [-0.4, -0.2) is 14.5 Å². The molecule has 4 heteroatoms. The van der Waals surface area contributed by atoms with E-state index in [-0.39, 0.29) is 5.92 Å². The molecule has 0 fully saturated rings. The summed E-state index contributed by atoms with van der Waals surface area (Å²) in [5.74, 6) is 2.57. The maximum absolute atomic E-state index is 6.47. The molecule has 5 aromatic carbocycles. The topological polar surface area (TPSA) is 39.9 Å². The molecule has 1 aliphatic heterocycles. The number of aromatic nitrogens is 3. The molecule has 2 aliphatic rings. The van der Waals surface area contributed by atoms with Crippen LogP contribution in [0.15, 0.2) is 146 Å². The molecule has 1 unspecified atom stereocenters. The van der Waals surface area contributed by atoms with Crippen molar-refractivity contribution in [2.75, 3.05) is 0 Å². The van der Waals surface area contributed by atoms with E-state index in [0.717, 1.165) is 62.9 Å². The van der Waals surface area contributed by atoms with Crippen molar-refractivity contribution in [2.45, 2.75) is 12.3 Å². The molecule has 0 radical (unpaired) electrons. The van der Waals surface area contributed by atoms with Crippen molar-refractivity contribution in [3.63, 3.8) is 0 Å². The molecule has 46 heavy (non-hydrogen) atoms. The van der Waals surface area contributed by atoms with Gasteiger partial charge >= 0.3 is 0 Å². The lowest BCUT2D eigenvalue weighted by Gasteiger charge is -2.22. The fourth-order valence-electron chi connectivity index (χ4n) is 6.79. The molecule has 0 amide bonds. The number of rotatable bonds is 4. The summed E-state index contributed by atoms with van der Waals surface area (Å²) >= 11 is 0. The summed E-state index contributed by atoms with van der Waals surface area (Å²) in [6.07, 6.45) is 11.9. The largest absolute Gasteiger partial charge is 0.456 e. The van der Waals surface area contributed by atoms with Crippen molar-refractivity contribution < 1.29 is 4.74 Å². The zero-order chi connectivity index (χ0) is 30.5. The number of ether oxygens (including phenoxy) is 1. The van der Waals surface area contributed by atoms with E-state index < -0.39 is 0 Å². The van der Waals surface area contributed by atoms with Gasteiger partial charge in [0.05, 0.1) is 22.4 Å². The van der Waals surface area contributed by atoms with E-state index in [0.29, 0.717) is 0 Å². The minimum Gasteiger partial charge on any atom is -0.456 e. The number of fused-ring (bicyclic) bond motifs is 6. The van der Waals surface area contributed by atoms with Crippen LogP contribution in [0.5, 0.6) is 11.5 Å². The predicted molar refractivity (Wildman–Crippen MR) is 189 cm³/mol. The first-order chi connectivity index (χ1) is 22.8. The molecule has 1 aliphatic carbocycles. The van der Waals surface area contributed by atoms with Gasteiger partial charge in [-0.3, -0.25) is 0 Å². The van der Waals surface area contributed by atoms with Gasteiger partial charge in [-0.05, 0) is 48.9 Å². The molecule has 0 bridgehead atoms. The highest BCUT2D eigenvalue weighted by molar-refractivity contribution is 6.15. The standard InChI is InChI=1S/C42H29N3O/c1-3-12-28(13-4-1)35-27-36(44-42(43-35)30-15-5-2-6-16-30)31-17-11-18-32(26-31)45-37-20-9-8-19-33(37)41-34-23-22-29-14-7-10-21-39(29)46-40(34)25-24-38(41)45/h1-25,27,31H,26H2. The van der Waals surface area contributed by atoms with Gasteiger partial charge in [0.25, 0.3) is 0 Å². The number of allylic oxidation sites excluding steroid dienone is 4. The molecule has 2 aromatic heterocycles. The molecule has 4 nitrogen and oxygen atoms in total. The van der Waals surface area contributed by atoms with E-state index >= 15 is 0 Å². The molecule has 0 saturated heterocycles. The maximum Gasteiger partial charge on any atom is 0.160 e. The van der Waals surface area contributed by atoms with Gasteiger partial charge in [-0.2, -0.15) is 0 Å². The molecule has 0 saturated carbocycles. The van der Waals surface area contributed by atoms with Crippen LogP contribution < -0.4 is 4.74 Å². The Kier molecular flexibility index (Phi) is 6.24. The molecule has 1 atom stereocenters. The smallest absolute Gasteiger partial charge is 0.160 e. The first-order valence-electron chi connectivity index (χ1n) is 15.7. The monoisotopic (exact) mass is 591 g/mol. The average Bonchev–Trinajstić information content (AvgIpc) is 3.34. The zero-order valence-corrected chi connectivity index (χ0v) is 25.0. The van der Waals surface area contributed by atoms with Gasteiger partial charge in [0, 0.05) is 44.6 Å². The van der Waals surface area contributed by atoms with Gasteiger partial charge in [-0.15, -0.1) is 0 Å². The van der Waals surface area contributed by atoms with Gasteiger partial charge < -0.3 is 9.30 Å². The van der Waals surface area contributed by atoms with Crippen molar-refractivity contribution in [3.05, 3.63) is 162 Å². The summed E-state index contributed by atoms with van der Waals surface area (Å²) in [5, 5.41) is 2.41. The summed E-state index contributed by atoms with van der Waals surface area (Å²) in [4.78, 5) is 10.2. The molecular formula is C42H29N3O. The molecule has 3 heterocycles. The van der Waals surface area contributed by atoms with Crippen LogP contribution in [0.2, 0.25) is 0 Å². The Balaban J connectivity index is 1.16. The first kappa shape index (κ1) is 26.4. The van der Waals surface area contributed by atoms with Crippen LogP contribution in [0, 0.1) is 0 Å². The summed E-state index contributed by atoms with van der Waals surface area (Å²) in [6.45, 7) is 0. The van der Waals surface area contributed by atoms with Crippen LogP contribution in [0.4, 0.5) is 0 Å². The Morgan fingerprint density at radius 3 is 2.28 bits per heavy atom. The van der Waals surface area contributed by atoms with Gasteiger partial charge in [0.15, 0.2) is 5.82 Å². The number of hydrogen-bond acceptors (Lipinski definition) is 3. The summed E-state index contributed by atoms with van der Waals surface area (Å²) in [7, 11) is 0. The van der Waals surface area contributed by atoms with Crippen molar-refractivity contribution in [2.24, 2.45) is 0 Å². The third kappa shape index (κ3) is 4.46. The Hall–Kier alpha value is -6.00. The van der Waals surface area contributed by atoms with Crippen LogP contribution in [0.1, 0.15) is 29.2 Å². The van der Waals surface area contributed by atoms with E-state index in [9.17, 15) is 0 Å². The molecule has 218 valence electrons. The SMILES string of the molecule is C1=CC(c2cc(-c3ccccc3)nc(-c3ccccc3)n2)CC(n2c3ccccc3c3c4c(ccc32)Oc2ccccc2C=C4)=C1. The van der Waals surface area contributed by atoms with Gasteiger partial charge in [0.1, 0.15) is 11.5 Å². The van der Waals surface area contributed by atoms with Crippen LogP contribution in [-0.2, 0) is 0 Å². The number of benzene rings is 5. The number of nitrogens with zero attached hydrogens (tertiary/aromatic N) is 3. The maximum atomic E-state index is 6.47. The third-order valence-corrected chi connectivity index (χ3v) is 8.98. The molecule has 0 spiro atoms. The minimum absolute atomic E-state index is 0.0858. The second-order valence-corrected chi connectivity index (χ2v) is 11.8. The van der Waals surface area contributed by atoms with Crippen LogP contribution in [0.3, 0.4) is 0 Å². The van der Waals surface area contributed by atoms with Crippen molar-refractivity contribution in [3.8, 4) is 34.1 Å². The quantitative estimate of drug-likeness (QED) is 0.204. The minimum atomic E-state index is 0.0858. The highest BCUT2D eigenvalue weighted by Crippen LogP contribution is 2.44. The Labute approximate surface area is 267 Å². The lowest BCUT2D eigenvalue weighted by Crippen LogP contribution is -2.09. The number of hydrogen-bond donors (Lipinski definition) is 0. The van der Waals surface area contributed by atoms with Crippen LogP contribution >= 0.6 is 0 Å². The highest BCUT2D eigenvalue weighted by Gasteiger charge is 2.24. The third-order valence-electron chi connectivity index (χ3n) is 8.98. The Morgan fingerprint density at radius 1 is 0.652 bits per heavy atom. The van der Waals surface area contributed by atoms with Crippen molar-refractivity contribution in [1.82, 2.24) is 14.5 Å². The molecule has 9 rings (SSSR count). The van der Waals surface area contributed by atoms with Crippen LogP contribution in [0.25, 0.3) is 62.3 Å². The van der Waals surface area contributed by atoms with Gasteiger partial charge in [0.2, 0.25) is 0 Å². The Morgan fingerprint density at radius 2 is 1.41 bits per heavy atom. The van der Waals surface area contributed by atoms with E-state index in [4.69, 9.17) is 14.7 Å². The predicted octanol–water partition coefficient (Wildman–Crippen LogP) is 10.8. The summed E-state index contributed by atoms with van der Waals surface area (Å²) < 4.78 is 8.89. The zero-order valence-electron chi connectivity index (χ0n) is 25.0. The van der Waals surface area contributed by atoms with E-state index in [1.165, 1.54) is 22.0 Å². The van der Waals surface area contributed by atoms with E-state index in [1.807, 2.05) is 42.5 Å². The summed E-state index contributed by atoms with van der Waals surface area (Å²) in [6, 6.07) is 44.0. The summed E-state index contributed by atoms with van der Waals surface area (Å²) in [5.41, 5.74) is 9.78. The second-order valence-electron chi connectivity index (χ2n) is 11.8. The normalized spacial score (nSPS) is 15.2. The molecule has 0 N–H and O–H groups in total. The fourth-order valence-corrected chi connectivity index (χ4v) is 6.79. The average molecular weight is 592 g/mol. The Bertz CT molecular complexity index is 2310. The fraction of sp³-hybridized carbons (Fsp3) is 0.0476. The highest BCUT2D eigenvalue weighted by atomic mass is 16.5. The van der Waals surface area contributed by atoms with Gasteiger partial charge in [-0.25, -0.2) is 9.97 Å². The number of para-hydroxylation sites is 2. The second kappa shape index (κ2) is 10.9. The lowest BCUT2D eigenvalue weighted by molar-refractivity contribution is 0.482. The first-order valence-corrected chi connectivity index (χ1v) is 15.7. The molecule has 7 aromatic rings. The van der Waals surface area contributed by atoms with Crippen molar-refractivity contribution >= 4 is 39.7 Å². The van der Waals surface area contributed by atoms with Gasteiger partial charge in [-0.1, -0.05) is 115 Å². The van der Waals surface area contributed by atoms with E-state index in [1.54, 1.807) is 0 Å². The van der Waals surface area contributed by atoms with E-state index in [2.05, 4.69) is 120 Å². The molecular weight excluding hydrogens is 562 g/mol.